The third-order valence-electron chi connectivity index (χ3n) is 3.38. The maximum atomic E-state index is 9.75. The molecule has 2 N–H and O–H groups in total. The highest BCUT2D eigenvalue weighted by molar-refractivity contribution is 4.84. The molecule has 96 valence electrons. The zero-order chi connectivity index (χ0) is 12.1. The summed E-state index contributed by atoms with van der Waals surface area (Å²) >= 11 is 0. The summed E-state index contributed by atoms with van der Waals surface area (Å²) in [5.41, 5.74) is 0. The van der Waals surface area contributed by atoms with Crippen molar-refractivity contribution in [1.29, 1.82) is 0 Å². The minimum atomic E-state index is -0.459. The molecule has 16 heavy (non-hydrogen) atoms. The number of aliphatic hydroxyl groups is 2. The lowest BCUT2D eigenvalue weighted by Gasteiger charge is -2.40. The van der Waals surface area contributed by atoms with Gasteiger partial charge >= 0.3 is 0 Å². The molecule has 0 bridgehead atoms. The van der Waals surface area contributed by atoms with Crippen molar-refractivity contribution in [3.05, 3.63) is 0 Å². The van der Waals surface area contributed by atoms with Gasteiger partial charge in [-0.25, -0.2) is 0 Å². The molecule has 1 aliphatic heterocycles. The maximum absolute atomic E-state index is 9.75. The smallest absolute Gasteiger partial charge is 0.0900 e. The van der Waals surface area contributed by atoms with Crippen LogP contribution in [0.1, 0.15) is 26.7 Å². The van der Waals surface area contributed by atoms with Crippen molar-refractivity contribution < 1.29 is 14.9 Å². The van der Waals surface area contributed by atoms with Crippen LogP contribution in [0, 0.1) is 5.92 Å². The van der Waals surface area contributed by atoms with Crippen LogP contribution in [-0.2, 0) is 4.74 Å². The Balaban J connectivity index is 2.48. The molecule has 0 radical (unpaired) electrons. The minimum absolute atomic E-state index is 0.176. The van der Waals surface area contributed by atoms with Crippen LogP contribution in [0.4, 0.5) is 0 Å². The maximum Gasteiger partial charge on any atom is 0.0900 e. The molecule has 0 spiro atoms. The first-order valence-electron chi connectivity index (χ1n) is 6.13. The monoisotopic (exact) mass is 231 g/mol. The third kappa shape index (κ3) is 4.01. The van der Waals surface area contributed by atoms with Crippen LogP contribution in [0.15, 0.2) is 0 Å². The first-order chi connectivity index (χ1) is 7.54. The lowest BCUT2D eigenvalue weighted by atomic mass is 9.89. The fourth-order valence-corrected chi connectivity index (χ4v) is 2.48. The summed E-state index contributed by atoms with van der Waals surface area (Å²) in [5, 5.41) is 19.5. The number of methoxy groups -OCH3 is 1. The molecule has 4 nitrogen and oxygen atoms in total. The molecule has 0 aromatic carbocycles. The first kappa shape index (κ1) is 13.9. The number of aliphatic hydroxyl groups excluding tert-OH is 2. The van der Waals surface area contributed by atoms with Crippen molar-refractivity contribution in [2.24, 2.45) is 5.92 Å². The van der Waals surface area contributed by atoms with Crippen molar-refractivity contribution in [3.63, 3.8) is 0 Å². The van der Waals surface area contributed by atoms with Gasteiger partial charge in [0.2, 0.25) is 0 Å². The van der Waals surface area contributed by atoms with Gasteiger partial charge in [-0.05, 0) is 32.2 Å². The van der Waals surface area contributed by atoms with Gasteiger partial charge in [-0.3, -0.25) is 4.90 Å². The summed E-state index contributed by atoms with van der Waals surface area (Å²) in [6, 6.07) is 0.176. The zero-order valence-electron chi connectivity index (χ0n) is 10.6. The Hall–Kier alpha value is -0.160. The van der Waals surface area contributed by atoms with Crippen LogP contribution in [0.3, 0.4) is 0 Å². The summed E-state index contributed by atoms with van der Waals surface area (Å²) < 4.78 is 4.92. The van der Waals surface area contributed by atoms with E-state index in [0.29, 0.717) is 19.1 Å². The van der Waals surface area contributed by atoms with E-state index in [9.17, 15) is 10.2 Å². The Kier molecular flexibility index (Phi) is 5.69. The molecule has 1 heterocycles. The van der Waals surface area contributed by atoms with Crippen LogP contribution in [0.5, 0.6) is 0 Å². The van der Waals surface area contributed by atoms with Crippen molar-refractivity contribution in [2.75, 3.05) is 26.8 Å². The average Bonchev–Trinajstić information content (AvgIpc) is 2.20. The van der Waals surface area contributed by atoms with Crippen molar-refractivity contribution in [3.8, 4) is 0 Å². The van der Waals surface area contributed by atoms with Crippen molar-refractivity contribution in [1.82, 2.24) is 4.90 Å². The molecule has 0 saturated carbocycles. The Morgan fingerprint density at radius 3 is 2.69 bits per heavy atom. The van der Waals surface area contributed by atoms with Gasteiger partial charge in [0.25, 0.3) is 0 Å². The first-order valence-corrected chi connectivity index (χ1v) is 6.13. The van der Waals surface area contributed by atoms with Gasteiger partial charge in [-0.1, -0.05) is 6.92 Å². The molecule has 0 aromatic rings. The number of ether oxygens (including phenoxy) is 1. The van der Waals surface area contributed by atoms with Gasteiger partial charge in [-0.15, -0.1) is 0 Å². The topological polar surface area (TPSA) is 52.9 Å². The molecule has 1 rings (SSSR count). The third-order valence-corrected chi connectivity index (χ3v) is 3.38. The highest BCUT2D eigenvalue weighted by Gasteiger charge is 2.30. The standard InChI is InChI=1S/C12H25NO3/c1-9-4-5-13(7-11(15)8-16-3)12(6-9)10(2)14/h9-12,14-15H,4-8H2,1-3H3. The van der Waals surface area contributed by atoms with Gasteiger partial charge in [0, 0.05) is 19.7 Å². The molecule has 0 aromatic heterocycles. The summed E-state index contributed by atoms with van der Waals surface area (Å²) in [5.74, 6) is 0.662. The zero-order valence-corrected chi connectivity index (χ0v) is 10.6. The Labute approximate surface area is 98.2 Å². The highest BCUT2D eigenvalue weighted by atomic mass is 16.5. The van der Waals surface area contributed by atoms with Crippen LogP contribution in [-0.4, -0.2) is 60.2 Å². The van der Waals surface area contributed by atoms with Gasteiger partial charge in [0.05, 0.1) is 18.8 Å². The van der Waals surface area contributed by atoms with E-state index in [1.54, 1.807) is 7.11 Å². The van der Waals surface area contributed by atoms with E-state index >= 15 is 0 Å². The van der Waals surface area contributed by atoms with E-state index < -0.39 is 6.10 Å². The predicted octanol–water partition coefficient (Wildman–Crippen LogP) is 0.475. The molecule has 1 fully saturated rings. The lowest BCUT2D eigenvalue weighted by Crippen LogP contribution is -2.50. The van der Waals surface area contributed by atoms with Crippen molar-refractivity contribution in [2.45, 2.75) is 44.9 Å². The molecule has 4 heteroatoms. The molecular formula is C12H25NO3. The second-order valence-electron chi connectivity index (χ2n) is 5.04. The SMILES string of the molecule is COCC(O)CN1CCC(C)CC1C(C)O. The lowest BCUT2D eigenvalue weighted by molar-refractivity contribution is -0.0217. The number of likely N-dealkylation sites (tertiary alicyclic amines) is 1. The van der Waals surface area contributed by atoms with E-state index in [1.807, 2.05) is 6.92 Å². The van der Waals surface area contributed by atoms with E-state index in [4.69, 9.17) is 4.74 Å². The van der Waals surface area contributed by atoms with E-state index in [0.717, 1.165) is 19.4 Å². The fourth-order valence-electron chi connectivity index (χ4n) is 2.48. The minimum Gasteiger partial charge on any atom is -0.392 e. The Morgan fingerprint density at radius 1 is 1.44 bits per heavy atom. The highest BCUT2D eigenvalue weighted by Crippen LogP contribution is 2.24. The second-order valence-corrected chi connectivity index (χ2v) is 5.04. The Morgan fingerprint density at radius 2 is 2.12 bits per heavy atom. The van der Waals surface area contributed by atoms with E-state index in [1.165, 1.54) is 0 Å². The number of piperidine rings is 1. The predicted molar refractivity (Wildman–Crippen MR) is 63.3 cm³/mol. The van der Waals surface area contributed by atoms with Crippen LogP contribution >= 0.6 is 0 Å². The summed E-state index contributed by atoms with van der Waals surface area (Å²) in [7, 11) is 1.59. The molecule has 1 saturated heterocycles. The van der Waals surface area contributed by atoms with E-state index in [-0.39, 0.29) is 12.1 Å². The van der Waals surface area contributed by atoms with Gasteiger partial charge in [0.15, 0.2) is 0 Å². The molecule has 4 atom stereocenters. The Bertz CT molecular complexity index is 199. The summed E-state index contributed by atoms with van der Waals surface area (Å²) in [4.78, 5) is 2.19. The fraction of sp³-hybridized carbons (Fsp3) is 1.00. The largest absolute Gasteiger partial charge is 0.392 e. The van der Waals surface area contributed by atoms with Crippen LogP contribution in [0.25, 0.3) is 0 Å². The number of nitrogens with zero attached hydrogens (tertiary/aromatic N) is 1. The normalized spacial score (nSPS) is 31.3. The number of hydrogen-bond donors (Lipinski definition) is 2. The van der Waals surface area contributed by atoms with Gasteiger partial charge in [-0.2, -0.15) is 0 Å². The molecule has 0 amide bonds. The average molecular weight is 231 g/mol. The van der Waals surface area contributed by atoms with Crippen molar-refractivity contribution >= 4 is 0 Å². The molecule has 1 aliphatic rings. The van der Waals surface area contributed by atoms with Crippen LogP contribution < -0.4 is 0 Å². The summed E-state index contributed by atoms with van der Waals surface area (Å²) in [6.45, 7) is 5.96. The molecule has 4 unspecified atom stereocenters. The van der Waals surface area contributed by atoms with E-state index in [2.05, 4.69) is 11.8 Å². The van der Waals surface area contributed by atoms with Crippen LogP contribution in [0.2, 0.25) is 0 Å². The quantitative estimate of drug-likeness (QED) is 0.722. The number of hydrogen-bond acceptors (Lipinski definition) is 4. The van der Waals surface area contributed by atoms with Gasteiger partial charge in [0.1, 0.15) is 0 Å². The molecule has 0 aliphatic carbocycles. The number of rotatable bonds is 5. The second kappa shape index (κ2) is 6.55. The molecular weight excluding hydrogens is 206 g/mol. The summed E-state index contributed by atoms with van der Waals surface area (Å²) in [6.07, 6.45) is 1.36. The van der Waals surface area contributed by atoms with Gasteiger partial charge < -0.3 is 14.9 Å². The number of β-amino-alcohol motifs (C(OH)–C–C–N with tert-alkyl or cyclic N) is 1.